The van der Waals surface area contributed by atoms with Crippen molar-refractivity contribution in [1.82, 2.24) is 0 Å². The van der Waals surface area contributed by atoms with Crippen LogP contribution in [0.5, 0.6) is 0 Å². The van der Waals surface area contributed by atoms with Crippen molar-refractivity contribution in [2.45, 2.75) is 0 Å². The van der Waals surface area contributed by atoms with Crippen LogP contribution in [0, 0.1) is 0 Å². The van der Waals surface area contributed by atoms with E-state index in [4.69, 9.17) is 5.73 Å². The summed E-state index contributed by atoms with van der Waals surface area (Å²) in [6, 6.07) is 0. The minimum Gasteiger partial charge on any atom is -0.545 e. The van der Waals surface area contributed by atoms with Crippen molar-refractivity contribution in [2.75, 3.05) is 0 Å². The van der Waals surface area contributed by atoms with Crippen LogP contribution in [-0.2, 0) is 14.4 Å². The third-order valence-corrected chi connectivity index (χ3v) is 0.911. The summed E-state index contributed by atoms with van der Waals surface area (Å²) in [6.45, 7) is 0. The highest BCUT2D eigenvalue weighted by Gasteiger charge is 1.96. The average molecular weight is 183 g/mol. The molecule has 0 bridgehead atoms. The quantitative estimate of drug-likeness (QED) is 0.273. The zero-order valence-electron chi connectivity index (χ0n) is 6.35. The van der Waals surface area contributed by atoms with Gasteiger partial charge in [0, 0.05) is 11.8 Å². The first-order chi connectivity index (χ1) is 5.93. The highest BCUT2D eigenvalue weighted by atomic mass is 16.4. The number of ketones is 1. The number of rotatable bonds is 4. The molecule has 0 aromatic rings. The summed E-state index contributed by atoms with van der Waals surface area (Å²) in [5.74, 6) is -4.75. The van der Waals surface area contributed by atoms with Crippen molar-refractivity contribution in [3.05, 3.63) is 23.9 Å². The molecule has 0 fully saturated rings. The van der Waals surface area contributed by atoms with E-state index in [1.54, 1.807) is 0 Å². The molecular formula is C7H5NO5-2. The number of carbonyl (C=O) groups excluding carboxylic acids is 3. The molecule has 0 heterocycles. The average Bonchev–Trinajstić information content (AvgIpc) is 2.00. The molecule has 0 aliphatic carbocycles. The van der Waals surface area contributed by atoms with Gasteiger partial charge in [0.15, 0.2) is 0 Å². The van der Waals surface area contributed by atoms with Crippen LogP contribution in [0.25, 0.3) is 0 Å². The summed E-state index contributed by atoms with van der Waals surface area (Å²) in [5, 5.41) is 19.7. The van der Waals surface area contributed by atoms with Crippen LogP contribution in [0.1, 0.15) is 0 Å². The number of carboxylic acids is 2. The van der Waals surface area contributed by atoms with Gasteiger partial charge < -0.3 is 25.5 Å². The topological polar surface area (TPSA) is 123 Å². The van der Waals surface area contributed by atoms with Gasteiger partial charge in [-0.3, -0.25) is 4.79 Å². The molecular weight excluding hydrogens is 178 g/mol. The molecule has 0 amide bonds. The molecule has 0 radical (unpaired) electrons. The lowest BCUT2D eigenvalue weighted by molar-refractivity contribution is -0.299. The van der Waals surface area contributed by atoms with Crippen molar-refractivity contribution in [2.24, 2.45) is 5.73 Å². The fraction of sp³-hybridized carbons (Fsp3) is 0. The lowest BCUT2D eigenvalue weighted by Gasteiger charge is -1.96. The summed E-state index contributed by atoms with van der Waals surface area (Å²) in [6.07, 6.45) is 1.93. The third kappa shape index (κ3) is 5.19. The highest BCUT2D eigenvalue weighted by molar-refractivity contribution is 6.36. The fourth-order valence-corrected chi connectivity index (χ4v) is 0.423. The van der Waals surface area contributed by atoms with Crippen LogP contribution in [0.15, 0.2) is 23.9 Å². The molecule has 0 aromatic carbocycles. The van der Waals surface area contributed by atoms with E-state index in [9.17, 15) is 24.6 Å². The predicted molar refractivity (Wildman–Crippen MR) is 36.4 cm³/mol. The normalized spacial score (nSPS) is 11.5. The Morgan fingerprint density at radius 2 is 1.62 bits per heavy atom. The Bertz CT molecular complexity index is 302. The second kappa shape index (κ2) is 4.70. The molecule has 0 rings (SSSR count). The van der Waals surface area contributed by atoms with Gasteiger partial charge in [-0.1, -0.05) is 0 Å². The van der Waals surface area contributed by atoms with Crippen LogP contribution < -0.4 is 15.9 Å². The minimum atomic E-state index is -1.91. The van der Waals surface area contributed by atoms with E-state index in [1.165, 1.54) is 0 Å². The summed E-state index contributed by atoms with van der Waals surface area (Å²) in [4.78, 5) is 30.1. The molecule has 70 valence electrons. The largest absolute Gasteiger partial charge is 0.545 e. The van der Waals surface area contributed by atoms with Crippen molar-refractivity contribution >= 4 is 17.7 Å². The lowest BCUT2D eigenvalue weighted by Crippen LogP contribution is -2.30. The molecule has 2 N–H and O–H groups in total. The van der Waals surface area contributed by atoms with E-state index >= 15 is 0 Å². The number of carbonyl (C=O) groups is 3. The first-order valence-electron chi connectivity index (χ1n) is 3.05. The van der Waals surface area contributed by atoms with Gasteiger partial charge in [0.2, 0.25) is 5.78 Å². The first kappa shape index (κ1) is 10.9. The van der Waals surface area contributed by atoms with Gasteiger partial charge in [0.1, 0.15) is 5.97 Å². The van der Waals surface area contributed by atoms with Crippen LogP contribution in [0.4, 0.5) is 0 Å². The molecule has 13 heavy (non-hydrogen) atoms. The maximum absolute atomic E-state index is 10.4. The molecule has 0 aliphatic rings. The summed E-state index contributed by atoms with van der Waals surface area (Å²) < 4.78 is 0. The summed E-state index contributed by atoms with van der Waals surface area (Å²) >= 11 is 0. The SMILES string of the molecule is NC(/C=C/C(=O)[O-])=C/C(=O)C(=O)[O-]. The zero-order chi connectivity index (χ0) is 10.4. The van der Waals surface area contributed by atoms with Crippen LogP contribution in [-0.4, -0.2) is 17.7 Å². The van der Waals surface area contributed by atoms with Crippen molar-refractivity contribution in [3.8, 4) is 0 Å². The highest BCUT2D eigenvalue weighted by Crippen LogP contribution is 1.87. The van der Waals surface area contributed by atoms with E-state index in [0.717, 1.165) is 6.08 Å². The van der Waals surface area contributed by atoms with E-state index in [0.29, 0.717) is 12.2 Å². The van der Waals surface area contributed by atoms with Gasteiger partial charge in [-0.15, -0.1) is 0 Å². The number of carboxylic acid groups (broad SMARTS) is 2. The number of hydrogen-bond acceptors (Lipinski definition) is 6. The monoisotopic (exact) mass is 183 g/mol. The molecule has 6 heteroatoms. The molecule has 0 aromatic heterocycles. The van der Waals surface area contributed by atoms with Crippen LogP contribution >= 0.6 is 0 Å². The molecule has 0 atom stereocenters. The second-order valence-corrected chi connectivity index (χ2v) is 1.95. The lowest BCUT2D eigenvalue weighted by atomic mass is 10.3. The molecule has 0 saturated heterocycles. The van der Waals surface area contributed by atoms with Gasteiger partial charge in [-0.2, -0.15) is 0 Å². The number of aliphatic carboxylic acids is 2. The Hall–Kier alpha value is -2.11. The van der Waals surface area contributed by atoms with Crippen LogP contribution in [0.2, 0.25) is 0 Å². The van der Waals surface area contributed by atoms with Gasteiger partial charge in [0.25, 0.3) is 0 Å². The van der Waals surface area contributed by atoms with E-state index in [-0.39, 0.29) is 5.70 Å². The molecule has 0 spiro atoms. The molecule has 0 unspecified atom stereocenters. The predicted octanol–water partition coefficient (Wildman–Crippen LogP) is -3.55. The van der Waals surface area contributed by atoms with Gasteiger partial charge >= 0.3 is 0 Å². The Kier molecular flexibility index (Phi) is 3.94. The maximum Gasteiger partial charge on any atom is 0.203 e. The maximum atomic E-state index is 10.4. The zero-order valence-corrected chi connectivity index (χ0v) is 6.35. The molecule has 0 saturated carbocycles. The van der Waals surface area contributed by atoms with Gasteiger partial charge in [-0.25, -0.2) is 0 Å². The van der Waals surface area contributed by atoms with Gasteiger partial charge in [-0.05, 0) is 12.2 Å². The van der Waals surface area contributed by atoms with E-state index in [1.807, 2.05) is 0 Å². The number of nitrogens with two attached hydrogens (primary N) is 1. The van der Waals surface area contributed by atoms with E-state index < -0.39 is 17.7 Å². The Morgan fingerprint density at radius 3 is 2.00 bits per heavy atom. The fourth-order valence-electron chi connectivity index (χ4n) is 0.423. The first-order valence-corrected chi connectivity index (χ1v) is 3.05. The Balaban J connectivity index is 4.42. The smallest absolute Gasteiger partial charge is 0.203 e. The van der Waals surface area contributed by atoms with Gasteiger partial charge in [0.05, 0.1) is 5.97 Å². The Labute approximate surface area is 73.0 Å². The van der Waals surface area contributed by atoms with Crippen molar-refractivity contribution in [3.63, 3.8) is 0 Å². The second-order valence-electron chi connectivity index (χ2n) is 1.95. The van der Waals surface area contributed by atoms with Crippen molar-refractivity contribution in [1.29, 1.82) is 0 Å². The number of hydrogen-bond donors (Lipinski definition) is 1. The molecule has 6 nitrogen and oxygen atoms in total. The van der Waals surface area contributed by atoms with Crippen LogP contribution in [0.3, 0.4) is 0 Å². The Morgan fingerprint density at radius 1 is 1.08 bits per heavy atom. The minimum absolute atomic E-state index is 0.307. The third-order valence-electron chi connectivity index (χ3n) is 0.911. The molecule has 0 aliphatic heterocycles. The number of allylic oxidation sites excluding steroid dienone is 1. The summed E-state index contributed by atoms with van der Waals surface area (Å²) in [7, 11) is 0. The summed E-state index contributed by atoms with van der Waals surface area (Å²) in [5.41, 5.74) is 4.72. The van der Waals surface area contributed by atoms with E-state index in [2.05, 4.69) is 0 Å². The van der Waals surface area contributed by atoms with Crippen molar-refractivity contribution < 1.29 is 24.6 Å². The standard InChI is InChI=1S/C7H7NO5/c8-4(1-2-6(10)11)3-5(9)7(12)13/h1-3H,8H2,(H,10,11)(H,12,13)/p-2/b2-1+,4-3+.